The standard InChI is InChI=1S/C32H35N3O5/c1-35-27-17-24(18-28(35)31-30(27)40-31)39-32(38)34-26-16-20(12-15-25(26)22-7-3-2-4-8-22)6-5-9-29(37)33-23-13-10-21(19-36)11-14-23/h2-4,7-8,10-16,24,27-28,30-31,36H,5-6,9,17-19H2,1H3,(H,33,37)(H,34,38)/t24?,27-,28-,30-,31+/m0/s1. The zero-order valence-corrected chi connectivity index (χ0v) is 22.6. The SMILES string of the molecule is CN1[C@H]2CC(OC(=O)Nc3cc(CCCC(=O)Nc4ccc(CO)cc4)ccc3-c3ccccc3)C[C@H]1[C@H]1O[C@H]12. The zero-order valence-electron chi connectivity index (χ0n) is 22.6. The smallest absolute Gasteiger partial charge is 0.411 e. The number of epoxide rings is 1. The number of amides is 2. The number of rotatable bonds is 9. The Morgan fingerprint density at radius 2 is 1.65 bits per heavy atom. The molecule has 3 fully saturated rings. The molecule has 3 aliphatic heterocycles. The molecule has 8 nitrogen and oxygen atoms in total. The lowest BCUT2D eigenvalue weighted by Crippen LogP contribution is -2.48. The normalized spacial score (nSPS) is 24.7. The second-order valence-electron chi connectivity index (χ2n) is 11.0. The number of fused-ring (bicyclic) bond motifs is 5. The minimum atomic E-state index is -0.440. The number of likely N-dealkylation sites (N-methyl/N-ethyl adjacent to an activating group) is 1. The van der Waals surface area contributed by atoms with E-state index in [2.05, 4.69) is 22.6 Å². The summed E-state index contributed by atoms with van der Waals surface area (Å²) in [5, 5.41) is 15.1. The van der Waals surface area contributed by atoms with Gasteiger partial charge >= 0.3 is 6.09 Å². The van der Waals surface area contributed by atoms with E-state index in [9.17, 15) is 14.7 Å². The summed E-state index contributed by atoms with van der Waals surface area (Å²) >= 11 is 0. The average Bonchev–Trinajstić information content (AvgIpc) is 3.73. The van der Waals surface area contributed by atoms with E-state index in [4.69, 9.17) is 9.47 Å². The lowest BCUT2D eigenvalue weighted by atomic mass is 9.99. The van der Waals surface area contributed by atoms with Crippen molar-refractivity contribution in [3.05, 3.63) is 83.9 Å². The first kappa shape index (κ1) is 26.5. The quantitative estimate of drug-likeness (QED) is 0.331. The molecule has 3 aliphatic rings. The van der Waals surface area contributed by atoms with Crippen LogP contribution in [0.25, 0.3) is 11.1 Å². The van der Waals surface area contributed by atoms with Crippen LogP contribution in [0.4, 0.5) is 16.2 Å². The molecule has 0 aromatic heterocycles. The number of hydrogen-bond acceptors (Lipinski definition) is 6. The highest BCUT2D eigenvalue weighted by Gasteiger charge is 2.62. The van der Waals surface area contributed by atoms with Crippen LogP contribution < -0.4 is 10.6 Å². The Bertz CT molecular complexity index is 1340. The number of morpholine rings is 1. The van der Waals surface area contributed by atoms with E-state index in [-0.39, 0.29) is 18.6 Å². The van der Waals surface area contributed by atoms with Gasteiger partial charge in [-0.2, -0.15) is 0 Å². The van der Waals surface area contributed by atoms with Crippen molar-refractivity contribution in [2.75, 3.05) is 17.7 Å². The molecule has 5 atom stereocenters. The van der Waals surface area contributed by atoms with Crippen LogP contribution in [0, 0.1) is 0 Å². The first-order valence-corrected chi connectivity index (χ1v) is 14.0. The fourth-order valence-electron chi connectivity index (χ4n) is 6.18. The minimum absolute atomic E-state index is 0.0266. The maximum atomic E-state index is 13.1. The number of carbonyl (C=O) groups excluding carboxylic acids is 2. The monoisotopic (exact) mass is 541 g/mol. The van der Waals surface area contributed by atoms with Gasteiger partial charge in [-0.15, -0.1) is 0 Å². The molecule has 3 heterocycles. The number of ether oxygens (including phenoxy) is 2. The molecule has 40 heavy (non-hydrogen) atoms. The number of aliphatic hydroxyl groups is 1. The van der Waals surface area contributed by atoms with Crippen molar-refractivity contribution >= 4 is 23.4 Å². The highest BCUT2D eigenvalue weighted by atomic mass is 16.6. The number of carbonyl (C=O) groups is 2. The fourth-order valence-corrected chi connectivity index (χ4v) is 6.18. The van der Waals surface area contributed by atoms with Crippen molar-refractivity contribution < 1.29 is 24.2 Å². The van der Waals surface area contributed by atoms with Crippen LogP contribution in [0.2, 0.25) is 0 Å². The van der Waals surface area contributed by atoms with Gasteiger partial charge in [0, 0.05) is 42.6 Å². The Hall–Kier alpha value is -3.72. The summed E-state index contributed by atoms with van der Waals surface area (Å²) in [5.74, 6) is -0.0605. The maximum absolute atomic E-state index is 13.1. The summed E-state index contributed by atoms with van der Waals surface area (Å²) in [5.41, 5.74) is 5.17. The third kappa shape index (κ3) is 5.75. The lowest BCUT2D eigenvalue weighted by Gasteiger charge is -2.37. The van der Waals surface area contributed by atoms with Crippen LogP contribution in [0.1, 0.15) is 36.8 Å². The van der Waals surface area contributed by atoms with Gasteiger partial charge in [-0.3, -0.25) is 15.0 Å². The second-order valence-corrected chi connectivity index (χ2v) is 11.0. The molecule has 6 rings (SSSR count). The summed E-state index contributed by atoms with van der Waals surface area (Å²) in [6.45, 7) is -0.0266. The number of aryl methyl sites for hydroxylation is 1. The molecule has 3 aromatic rings. The minimum Gasteiger partial charge on any atom is -0.446 e. The molecule has 0 aliphatic carbocycles. The molecular formula is C32H35N3O5. The van der Waals surface area contributed by atoms with Crippen LogP contribution in [0.5, 0.6) is 0 Å². The topological polar surface area (TPSA) is 103 Å². The molecule has 8 heteroatoms. The van der Waals surface area contributed by atoms with Crippen LogP contribution in [0.3, 0.4) is 0 Å². The number of aliphatic hydroxyl groups excluding tert-OH is 1. The van der Waals surface area contributed by atoms with Crippen LogP contribution in [-0.2, 0) is 27.3 Å². The summed E-state index contributed by atoms with van der Waals surface area (Å²) in [7, 11) is 2.14. The number of hydrogen-bond donors (Lipinski definition) is 3. The van der Waals surface area contributed by atoms with E-state index < -0.39 is 6.09 Å². The van der Waals surface area contributed by atoms with Gasteiger partial charge in [0.15, 0.2) is 0 Å². The molecule has 2 amide bonds. The average molecular weight is 542 g/mol. The van der Waals surface area contributed by atoms with Gasteiger partial charge in [0.05, 0.1) is 12.3 Å². The molecule has 208 valence electrons. The van der Waals surface area contributed by atoms with E-state index in [1.165, 1.54) is 0 Å². The fraction of sp³-hybridized carbons (Fsp3) is 0.375. The van der Waals surface area contributed by atoms with Crippen LogP contribution in [-0.4, -0.2) is 59.5 Å². The van der Waals surface area contributed by atoms with Gasteiger partial charge in [-0.25, -0.2) is 4.79 Å². The molecule has 1 unspecified atom stereocenters. The summed E-state index contributed by atoms with van der Waals surface area (Å²) < 4.78 is 11.7. The molecular weight excluding hydrogens is 506 g/mol. The number of benzene rings is 3. The van der Waals surface area contributed by atoms with Crippen LogP contribution >= 0.6 is 0 Å². The third-order valence-electron chi connectivity index (χ3n) is 8.34. The van der Waals surface area contributed by atoms with E-state index in [0.29, 0.717) is 54.9 Å². The van der Waals surface area contributed by atoms with Crippen molar-refractivity contribution in [1.82, 2.24) is 4.90 Å². The highest BCUT2D eigenvalue weighted by Crippen LogP contribution is 2.48. The molecule has 0 spiro atoms. The Labute approximate surface area is 234 Å². The third-order valence-corrected chi connectivity index (χ3v) is 8.34. The first-order chi connectivity index (χ1) is 19.5. The Kier molecular flexibility index (Phi) is 7.56. The first-order valence-electron chi connectivity index (χ1n) is 14.0. The van der Waals surface area contributed by atoms with Crippen LogP contribution in [0.15, 0.2) is 72.8 Å². The van der Waals surface area contributed by atoms with Gasteiger partial charge in [0.2, 0.25) is 5.91 Å². The lowest BCUT2D eigenvalue weighted by molar-refractivity contribution is -0.116. The van der Waals surface area contributed by atoms with Gasteiger partial charge in [-0.1, -0.05) is 54.6 Å². The number of piperidine rings is 1. The predicted molar refractivity (Wildman–Crippen MR) is 153 cm³/mol. The Morgan fingerprint density at radius 3 is 2.35 bits per heavy atom. The highest BCUT2D eigenvalue weighted by molar-refractivity contribution is 5.92. The Morgan fingerprint density at radius 1 is 0.950 bits per heavy atom. The molecule has 3 saturated heterocycles. The van der Waals surface area contributed by atoms with Crippen molar-refractivity contribution in [2.45, 2.75) is 69.1 Å². The summed E-state index contributed by atoms with van der Waals surface area (Å²) in [6.07, 6.45) is 3.34. The summed E-state index contributed by atoms with van der Waals surface area (Å²) in [6, 6.07) is 23.8. The number of anilines is 2. The van der Waals surface area contributed by atoms with Gasteiger partial charge in [0.25, 0.3) is 0 Å². The Balaban J connectivity index is 1.08. The van der Waals surface area contributed by atoms with E-state index in [1.54, 1.807) is 24.3 Å². The maximum Gasteiger partial charge on any atom is 0.411 e. The van der Waals surface area contributed by atoms with E-state index >= 15 is 0 Å². The van der Waals surface area contributed by atoms with Gasteiger partial charge in [-0.05, 0) is 54.8 Å². The molecule has 3 aromatic carbocycles. The molecule has 3 N–H and O–H groups in total. The molecule has 0 radical (unpaired) electrons. The predicted octanol–water partition coefficient (Wildman–Crippen LogP) is 4.97. The summed E-state index contributed by atoms with van der Waals surface area (Å²) in [4.78, 5) is 27.9. The van der Waals surface area contributed by atoms with Gasteiger partial charge < -0.3 is 19.9 Å². The molecule has 0 saturated carbocycles. The van der Waals surface area contributed by atoms with Crippen molar-refractivity contribution in [2.24, 2.45) is 0 Å². The van der Waals surface area contributed by atoms with Crippen molar-refractivity contribution in [3.8, 4) is 11.1 Å². The number of nitrogens with one attached hydrogen (secondary N) is 2. The number of nitrogens with zero attached hydrogens (tertiary/aromatic N) is 1. The second kappa shape index (κ2) is 11.4. The van der Waals surface area contributed by atoms with E-state index in [0.717, 1.165) is 35.1 Å². The molecule has 2 bridgehead atoms. The zero-order chi connectivity index (χ0) is 27.6. The van der Waals surface area contributed by atoms with Crippen molar-refractivity contribution in [1.29, 1.82) is 0 Å². The largest absolute Gasteiger partial charge is 0.446 e. The van der Waals surface area contributed by atoms with Gasteiger partial charge in [0.1, 0.15) is 18.3 Å². The van der Waals surface area contributed by atoms with E-state index in [1.807, 2.05) is 48.5 Å². The van der Waals surface area contributed by atoms with Crippen molar-refractivity contribution in [3.63, 3.8) is 0 Å².